The molecule has 0 unspecified atom stereocenters. The zero-order chi connectivity index (χ0) is 13.1. The Hall–Kier alpha value is -1.10. The van der Waals surface area contributed by atoms with Crippen LogP contribution < -0.4 is 0 Å². The van der Waals surface area contributed by atoms with Crippen molar-refractivity contribution in [2.24, 2.45) is 0 Å². The van der Waals surface area contributed by atoms with E-state index in [-0.39, 0.29) is 11.9 Å². The quantitative estimate of drug-likeness (QED) is 0.353. The van der Waals surface area contributed by atoms with Crippen LogP contribution in [0.4, 0.5) is 0 Å². The molecule has 0 aromatic heterocycles. The lowest BCUT2D eigenvalue weighted by Gasteiger charge is -2.16. The first-order valence-electron chi connectivity index (χ1n) is 6.25. The molecule has 0 aliphatic heterocycles. The Bertz CT molecular complexity index is 227. The normalized spacial score (nSPS) is 10.4. The highest BCUT2D eigenvalue weighted by Gasteiger charge is 2.08. The molecule has 0 spiro atoms. The summed E-state index contributed by atoms with van der Waals surface area (Å²) < 4.78 is 4.78. The van der Waals surface area contributed by atoms with Crippen molar-refractivity contribution >= 4 is 11.9 Å². The molecule has 0 aromatic rings. The van der Waals surface area contributed by atoms with Gasteiger partial charge in [-0.05, 0) is 33.6 Å². The summed E-state index contributed by atoms with van der Waals surface area (Å²) in [6.07, 6.45) is 2.02. The molecule has 0 bridgehead atoms. The van der Waals surface area contributed by atoms with Crippen LogP contribution in [0.1, 0.15) is 46.5 Å². The van der Waals surface area contributed by atoms with Crippen LogP contribution in [0.15, 0.2) is 0 Å². The van der Waals surface area contributed by atoms with Gasteiger partial charge in [-0.1, -0.05) is 0 Å². The third-order valence-corrected chi connectivity index (χ3v) is 2.25. The van der Waals surface area contributed by atoms with Crippen LogP contribution in [0, 0.1) is 0 Å². The van der Waals surface area contributed by atoms with E-state index in [4.69, 9.17) is 9.57 Å². The average Bonchev–Trinajstić information content (AvgIpc) is 2.32. The van der Waals surface area contributed by atoms with Gasteiger partial charge in [-0.2, -0.15) is 0 Å². The van der Waals surface area contributed by atoms with Crippen molar-refractivity contribution in [2.75, 3.05) is 19.7 Å². The van der Waals surface area contributed by atoms with Crippen molar-refractivity contribution in [1.82, 2.24) is 5.06 Å². The van der Waals surface area contributed by atoms with Gasteiger partial charge in [0.25, 0.3) is 0 Å². The van der Waals surface area contributed by atoms with Crippen molar-refractivity contribution in [1.29, 1.82) is 0 Å². The highest BCUT2D eigenvalue weighted by Crippen LogP contribution is 2.04. The number of esters is 1. The molecule has 0 aromatic carbocycles. The second kappa shape index (κ2) is 10.1. The van der Waals surface area contributed by atoms with E-state index in [9.17, 15) is 9.59 Å². The van der Waals surface area contributed by atoms with Crippen LogP contribution in [0.5, 0.6) is 0 Å². The van der Waals surface area contributed by atoms with Crippen LogP contribution in [-0.4, -0.2) is 36.7 Å². The highest BCUT2D eigenvalue weighted by molar-refractivity contribution is 5.70. The van der Waals surface area contributed by atoms with Gasteiger partial charge < -0.3 is 9.57 Å². The number of unbranched alkanes of at least 4 members (excludes halogenated alkanes) is 1. The van der Waals surface area contributed by atoms with E-state index in [2.05, 4.69) is 0 Å². The summed E-state index contributed by atoms with van der Waals surface area (Å²) in [6.45, 7) is 7.41. The minimum atomic E-state index is -0.238. The zero-order valence-electron chi connectivity index (χ0n) is 11.0. The SMILES string of the molecule is CCOC(=O)CCCCC(=O)ON(CC)CC. The molecular formula is C12H23NO4. The number of hydrogen-bond acceptors (Lipinski definition) is 5. The number of ether oxygens (including phenoxy) is 1. The van der Waals surface area contributed by atoms with E-state index < -0.39 is 0 Å². The summed E-state index contributed by atoms with van der Waals surface area (Å²) in [5.41, 5.74) is 0. The van der Waals surface area contributed by atoms with Gasteiger partial charge in [0.2, 0.25) is 0 Å². The lowest BCUT2D eigenvalue weighted by Crippen LogP contribution is -2.26. The molecule has 5 nitrogen and oxygen atoms in total. The van der Waals surface area contributed by atoms with E-state index in [1.54, 1.807) is 12.0 Å². The van der Waals surface area contributed by atoms with Gasteiger partial charge in [0.1, 0.15) is 0 Å². The molecule has 0 aliphatic rings. The summed E-state index contributed by atoms with van der Waals surface area (Å²) in [7, 11) is 0. The molecule has 5 heteroatoms. The Morgan fingerprint density at radius 3 is 1.94 bits per heavy atom. The van der Waals surface area contributed by atoms with Crippen molar-refractivity contribution < 1.29 is 19.2 Å². The summed E-state index contributed by atoms with van der Waals surface area (Å²) >= 11 is 0. The summed E-state index contributed by atoms with van der Waals surface area (Å²) in [6, 6.07) is 0. The molecule has 0 rings (SSSR count). The molecule has 0 saturated carbocycles. The molecule has 0 N–H and O–H groups in total. The standard InChI is InChI=1S/C12H23NO4/c1-4-13(5-2)17-12(15)10-8-7-9-11(14)16-6-3/h4-10H2,1-3H3. The number of hydrogen-bond donors (Lipinski definition) is 0. The second-order valence-electron chi connectivity index (χ2n) is 3.59. The molecule has 0 atom stereocenters. The van der Waals surface area contributed by atoms with Crippen molar-refractivity contribution in [3.63, 3.8) is 0 Å². The topological polar surface area (TPSA) is 55.8 Å². The zero-order valence-corrected chi connectivity index (χ0v) is 11.0. The number of carbonyl (C=O) groups is 2. The molecule has 17 heavy (non-hydrogen) atoms. The van der Waals surface area contributed by atoms with E-state index >= 15 is 0 Å². The number of hydroxylamine groups is 2. The van der Waals surface area contributed by atoms with Crippen molar-refractivity contribution in [2.45, 2.75) is 46.5 Å². The molecular weight excluding hydrogens is 222 g/mol. The van der Waals surface area contributed by atoms with Gasteiger partial charge in [-0.3, -0.25) is 9.59 Å². The smallest absolute Gasteiger partial charge is 0.325 e. The van der Waals surface area contributed by atoms with Gasteiger partial charge in [0, 0.05) is 25.9 Å². The molecule has 0 fully saturated rings. The Morgan fingerprint density at radius 1 is 0.941 bits per heavy atom. The number of rotatable bonds is 9. The maximum Gasteiger partial charge on any atom is 0.325 e. The first kappa shape index (κ1) is 15.9. The van der Waals surface area contributed by atoms with E-state index in [0.29, 0.717) is 45.4 Å². The maximum atomic E-state index is 11.4. The second-order valence-corrected chi connectivity index (χ2v) is 3.59. The largest absolute Gasteiger partial charge is 0.466 e. The summed E-state index contributed by atoms with van der Waals surface area (Å²) in [4.78, 5) is 27.5. The van der Waals surface area contributed by atoms with Crippen LogP contribution in [0.3, 0.4) is 0 Å². The first-order valence-corrected chi connectivity index (χ1v) is 6.25. The Labute approximate surface area is 103 Å². The fourth-order valence-corrected chi connectivity index (χ4v) is 1.31. The molecule has 0 aliphatic carbocycles. The Kier molecular flexibility index (Phi) is 9.43. The van der Waals surface area contributed by atoms with Crippen molar-refractivity contribution in [3.05, 3.63) is 0 Å². The first-order chi connectivity index (χ1) is 8.13. The lowest BCUT2D eigenvalue weighted by atomic mass is 10.2. The van der Waals surface area contributed by atoms with Gasteiger partial charge in [-0.25, -0.2) is 0 Å². The molecule has 0 saturated heterocycles. The minimum absolute atomic E-state index is 0.204. The van der Waals surface area contributed by atoms with Crippen LogP contribution in [0.2, 0.25) is 0 Å². The molecule has 100 valence electrons. The Morgan fingerprint density at radius 2 is 1.47 bits per heavy atom. The van der Waals surface area contributed by atoms with Gasteiger partial charge >= 0.3 is 11.9 Å². The van der Waals surface area contributed by atoms with E-state index in [0.717, 1.165) is 0 Å². The summed E-state index contributed by atoms with van der Waals surface area (Å²) in [5, 5.41) is 1.60. The van der Waals surface area contributed by atoms with Gasteiger partial charge in [0.05, 0.1) is 6.61 Å². The lowest BCUT2D eigenvalue weighted by molar-refractivity contribution is -0.188. The van der Waals surface area contributed by atoms with E-state index in [1.807, 2.05) is 13.8 Å². The monoisotopic (exact) mass is 245 g/mol. The minimum Gasteiger partial charge on any atom is -0.466 e. The third kappa shape index (κ3) is 8.68. The molecule has 0 heterocycles. The number of carbonyl (C=O) groups excluding carboxylic acids is 2. The van der Waals surface area contributed by atoms with Crippen molar-refractivity contribution in [3.8, 4) is 0 Å². The van der Waals surface area contributed by atoms with Crippen LogP contribution in [-0.2, 0) is 19.2 Å². The fraction of sp³-hybridized carbons (Fsp3) is 0.833. The van der Waals surface area contributed by atoms with Crippen LogP contribution in [0.25, 0.3) is 0 Å². The predicted molar refractivity (Wildman–Crippen MR) is 64.1 cm³/mol. The fourth-order valence-electron chi connectivity index (χ4n) is 1.31. The summed E-state index contributed by atoms with van der Waals surface area (Å²) in [5.74, 6) is -0.442. The molecule has 0 amide bonds. The Balaban J connectivity index is 3.54. The number of nitrogens with zero attached hydrogens (tertiary/aromatic N) is 1. The highest BCUT2D eigenvalue weighted by atomic mass is 16.7. The predicted octanol–water partition coefficient (Wildman–Crippen LogP) is 1.91. The van der Waals surface area contributed by atoms with Gasteiger partial charge in [-0.15, -0.1) is 5.06 Å². The molecule has 0 radical (unpaired) electrons. The third-order valence-electron chi connectivity index (χ3n) is 2.25. The average molecular weight is 245 g/mol. The van der Waals surface area contributed by atoms with Gasteiger partial charge in [0.15, 0.2) is 0 Å². The maximum absolute atomic E-state index is 11.4. The van der Waals surface area contributed by atoms with E-state index in [1.165, 1.54) is 0 Å². The van der Waals surface area contributed by atoms with Crippen LogP contribution >= 0.6 is 0 Å².